The zero-order valence-corrected chi connectivity index (χ0v) is 10.3. The van der Waals surface area contributed by atoms with Crippen molar-refractivity contribution in [2.75, 3.05) is 0 Å². The molecule has 0 saturated heterocycles. The molecule has 1 aromatic heterocycles. The maximum Gasteiger partial charge on any atom is 0.160 e. The van der Waals surface area contributed by atoms with E-state index >= 15 is 0 Å². The van der Waals surface area contributed by atoms with Gasteiger partial charge < -0.3 is 0 Å². The third kappa shape index (κ3) is 2.03. The summed E-state index contributed by atoms with van der Waals surface area (Å²) in [5.74, 6) is -0.00776. The van der Waals surface area contributed by atoms with Crippen LogP contribution in [0, 0.1) is 0 Å². The smallest absolute Gasteiger partial charge is 0.160 e. The Hall–Kier alpha value is -0.930. The van der Waals surface area contributed by atoms with E-state index in [1.165, 1.54) is 6.92 Å². The average molecular weight is 285 g/mol. The molecule has 0 aliphatic heterocycles. The number of carbonyl (C=O) groups excluding carboxylic acids is 1. The topological polar surface area (TPSA) is 30.0 Å². The summed E-state index contributed by atoms with van der Waals surface area (Å²) >= 11 is 9.19. The van der Waals surface area contributed by atoms with E-state index in [1.807, 2.05) is 18.2 Å². The number of Topliss-reactive ketones (excluding diaryl/α,β-unsaturated/α-hetero) is 1. The van der Waals surface area contributed by atoms with E-state index in [9.17, 15) is 4.79 Å². The Balaban J connectivity index is 2.86. The van der Waals surface area contributed by atoms with Gasteiger partial charge in [-0.3, -0.25) is 4.79 Å². The zero-order valence-electron chi connectivity index (χ0n) is 7.92. The summed E-state index contributed by atoms with van der Waals surface area (Å²) in [4.78, 5) is 15.6. The number of benzene rings is 1. The molecule has 2 nitrogen and oxygen atoms in total. The Morgan fingerprint density at radius 1 is 1.40 bits per heavy atom. The molecule has 0 amide bonds. The van der Waals surface area contributed by atoms with Crippen molar-refractivity contribution >= 4 is 44.2 Å². The summed E-state index contributed by atoms with van der Waals surface area (Å²) < 4.78 is 0.916. The van der Waals surface area contributed by atoms with Crippen LogP contribution in [-0.4, -0.2) is 10.8 Å². The van der Waals surface area contributed by atoms with Gasteiger partial charge in [-0.2, -0.15) is 0 Å². The van der Waals surface area contributed by atoms with Gasteiger partial charge in [-0.25, -0.2) is 4.98 Å². The molecule has 4 heteroatoms. The van der Waals surface area contributed by atoms with Crippen LogP contribution in [0.1, 0.15) is 17.3 Å². The molecule has 0 fully saturated rings. The molecule has 0 radical (unpaired) electrons. The summed E-state index contributed by atoms with van der Waals surface area (Å²) in [6.07, 6.45) is 0. The minimum Gasteiger partial charge on any atom is -0.294 e. The van der Waals surface area contributed by atoms with E-state index in [1.54, 1.807) is 6.07 Å². The molecule has 0 N–H and O–H groups in total. The molecule has 0 spiro atoms. The fourth-order valence-corrected chi connectivity index (χ4v) is 2.01. The lowest BCUT2D eigenvalue weighted by atomic mass is 10.1. The zero-order chi connectivity index (χ0) is 11.0. The lowest BCUT2D eigenvalue weighted by Gasteiger charge is -2.04. The normalized spacial score (nSPS) is 10.6. The van der Waals surface area contributed by atoms with Crippen LogP contribution in [0.5, 0.6) is 0 Å². The minimum absolute atomic E-state index is 0.00776. The molecule has 1 aromatic carbocycles. The van der Waals surface area contributed by atoms with E-state index in [-0.39, 0.29) is 5.78 Å². The Kier molecular flexibility index (Phi) is 2.76. The van der Waals surface area contributed by atoms with Crippen molar-refractivity contribution in [1.82, 2.24) is 4.98 Å². The number of aromatic nitrogens is 1. The predicted molar refractivity (Wildman–Crippen MR) is 64.5 cm³/mol. The summed E-state index contributed by atoms with van der Waals surface area (Å²) in [5.41, 5.74) is 1.33. The fourth-order valence-electron chi connectivity index (χ4n) is 1.46. The third-order valence-corrected chi connectivity index (χ3v) is 2.81. The largest absolute Gasteiger partial charge is 0.294 e. The predicted octanol–water partition coefficient (Wildman–Crippen LogP) is 3.85. The van der Waals surface area contributed by atoms with Gasteiger partial charge in [0.1, 0.15) is 5.15 Å². The number of hydrogen-bond donors (Lipinski definition) is 0. The van der Waals surface area contributed by atoms with E-state index in [0.717, 1.165) is 15.4 Å². The second-order valence-electron chi connectivity index (χ2n) is 3.21. The van der Waals surface area contributed by atoms with Crippen LogP contribution >= 0.6 is 27.5 Å². The fraction of sp³-hybridized carbons (Fsp3) is 0.0909. The highest BCUT2D eigenvalue weighted by molar-refractivity contribution is 9.10. The first-order valence-corrected chi connectivity index (χ1v) is 5.52. The maximum absolute atomic E-state index is 11.4. The molecule has 2 rings (SSSR count). The van der Waals surface area contributed by atoms with Crippen LogP contribution < -0.4 is 0 Å². The highest BCUT2D eigenvalue weighted by Crippen LogP contribution is 2.24. The summed E-state index contributed by atoms with van der Waals surface area (Å²) in [5, 5.41) is 1.17. The van der Waals surface area contributed by atoms with Gasteiger partial charge in [-0.05, 0) is 25.1 Å². The van der Waals surface area contributed by atoms with Gasteiger partial charge in [0, 0.05) is 15.4 Å². The number of rotatable bonds is 1. The summed E-state index contributed by atoms with van der Waals surface area (Å²) in [7, 11) is 0. The van der Waals surface area contributed by atoms with Gasteiger partial charge in [0.05, 0.1) is 5.52 Å². The third-order valence-electron chi connectivity index (χ3n) is 2.12. The van der Waals surface area contributed by atoms with E-state index in [4.69, 9.17) is 11.6 Å². The van der Waals surface area contributed by atoms with Crippen molar-refractivity contribution in [2.24, 2.45) is 0 Å². The molecule has 1 heterocycles. The standard InChI is InChI=1S/C11H7BrClNO/c1-6(15)9-5-11(13)14-10-4-7(12)2-3-8(9)10/h2-5H,1H3. The van der Waals surface area contributed by atoms with Gasteiger partial charge >= 0.3 is 0 Å². The Labute approximate surface area is 100 Å². The van der Waals surface area contributed by atoms with Crippen molar-refractivity contribution in [3.8, 4) is 0 Å². The molecule has 0 saturated carbocycles. The first-order chi connectivity index (χ1) is 7.08. The van der Waals surface area contributed by atoms with Crippen LogP contribution in [0.2, 0.25) is 5.15 Å². The van der Waals surface area contributed by atoms with Crippen LogP contribution in [0.25, 0.3) is 10.9 Å². The molecule has 0 aliphatic rings. The van der Waals surface area contributed by atoms with Crippen LogP contribution in [0.4, 0.5) is 0 Å². The first-order valence-electron chi connectivity index (χ1n) is 4.34. The highest BCUT2D eigenvalue weighted by Gasteiger charge is 2.08. The number of pyridine rings is 1. The van der Waals surface area contributed by atoms with Crippen molar-refractivity contribution in [3.63, 3.8) is 0 Å². The van der Waals surface area contributed by atoms with Crippen LogP contribution in [-0.2, 0) is 0 Å². The number of hydrogen-bond acceptors (Lipinski definition) is 2. The van der Waals surface area contributed by atoms with Crippen molar-refractivity contribution in [3.05, 3.63) is 39.5 Å². The second kappa shape index (κ2) is 3.91. The number of carbonyl (C=O) groups is 1. The molecule has 0 aliphatic carbocycles. The molecular formula is C11H7BrClNO. The molecule has 0 atom stereocenters. The van der Waals surface area contributed by atoms with Crippen molar-refractivity contribution in [1.29, 1.82) is 0 Å². The average Bonchev–Trinajstić information content (AvgIpc) is 2.15. The van der Waals surface area contributed by atoms with Gasteiger partial charge in [0.25, 0.3) is 0 Å². The molecule has 0 unspecified atom stereocenters. The SMILES string of the molecule is CC(=O)c1cc(Cl)nc2cc(Br)ccc12. The van der Waals surface area contributed by atoms with Crippen LogP contribution in [0.3, 0.4) is 0 Å². The number of halogens is 2. The molecule has 15 heavy (non-hydrogen) atoms. The van der Waals surface area contributed by atoms with Gasteiger partial charge in [0.2, 0.25) is 0 Å². The Bertz CT molecular complexity index is 548. The van der Waals surface area contributed by atoms with Gasteiger partial charge in [-0.15, -0.1) is 0 Å². The van der Waals surface area contributed by atoms with Gasteiger partial charge in [0.15, 0.2) is 5.78 Å². The van der Waals surface area contributed by atoms with Crippen molar-refractivity contribution in [2.45, 2.75) is 6.92 Å². The van der Waals surface area contributed by atoms with Crippen molar-refractivity contribution < 1.29 is 4.79 Å². The number of nitrogens with zero attached hydrogens (tertiary/aromatic N) is 1. The molecular weight excluding hydrogens is 277 g/mol. The lowest BCUT2D eigenvalue weighted by molar-refractivity contribution is 0.101. The van der Waals surface area contributed by atoms with E-state index in [2.05, 4.69) is 20.9 Å². The highest BCUT2D eigenvalue weighted by atomic mass is 79.9. The molecule has 0 bridgehead atoms. The summed E-state index contributed by atoms with van der Waals surface area (Å²) in [6.45, 7) is 1.52. The molecule has 2 aromatic rings. The van der Waals surface area contributed by atoms with Gasteiger partial charge in [-0.1, -0.05) is 33.6 Å². The lowest BCUT2D eigenvalue weighted by Crippen LogP contribution is -1.95. The number of ketones is 1. The Morgan fingerprint density at radius 2 is 2.13 bits per heavy atom. The monoisotopic (exact) mass is 283 g/mol. The van der Waals surface area contributed by atoms with E-state index < -0.39 is 0 Å². The quantitative estimate of drug-likeness (QED) is 0.588. The molecule has 76 valence electrons. The minimum atomic E-state index is -0.00776. The second-order valence-corrected chi connectivity index (χ2v) is 4.51. The number of fused-ring (bicyclic) bond motifs is 1. The Morgan fingerprint density at radius 3 is 2.80 bits per heavy atom. The maximum atomic E-state index is 11.4. The first kappa shape index (κ1) is 10.6. The summed E-state index contributed by atoms with van der Waals surface area (Å²) in [6, 6.07) is 7.18. The van der Waals surface area contributed by atoms with E-state index in [0.29, 0.717) is 10.7 Å². The van der Waals surface area contributed by atoms with Crippen LogP contribution in [0.15, 0.2) is 28.7 Å².